The predicted molar refractivity (Wildman–Crippen MR) is 34.1 cm³/mol. The van der Waals surface area contributed by atoms with Crippen molar-refractivity contribution in [2.75, 3.05) is 0 Å². The second kappa shape index (κ2) is 10.7. The van der Waals surface area contributed by atoms with Gasteiger partial charge in [-0.05, 0) is 0 Å². The molecule has 0 amide bonds. The molecule has 0 bridgehead atoms. The van der Waals surface area contributed by atoms with Gasteiger partial charge in [0, 0.05) is 12.4 Å². The van der Waals surface area contributed by atoms with Crippen molar-refractivity contribution in [2.45, 2.75) is 0 Å². The summed E-state index contributed by atoms with van der Waals surface area (Å²) in [5, 5.41) is 7.43. The molecule has 0 atom stereocenters. The van der Waals surface area contributed by atoms with Crippen LogP contribution in [0.2, 0.25) is 0 Å². The van der Waals surface area contributed by atoms with Gasteiger partial charge in [-0.3, -0.25) is 5.26 Å². The molecular weight excluding hydrogens is 124 g/mol. The van der Waals surface area contributed by atoms with Gasteiger partial charge in [0.25, 0.3) is 0 Å². The molecule has 0 aliphatic heterocycles. The maximum atomic E-state index is 7.43. The van der Waals surface area contributed by atoms with Gasteiger partial charge >= 0.3 is 29.6 Å². The van der Waals surface area contributed by atoms with Crippen LogP contribution in [0.4, 0.5) is 0 Å². The molecule has 1 N–H and O–H groups in total. The summed E-state index contributed by atoms with van der Waals surface area (Å²) < 4.78 is 0. The number of H-pyrrole nitrogens is 1. The number of hydrogen-bond acceptors (Lipinski definition) is 2. The number of imidazole rings is 1. The zero-order valence-corrected chi connectivity index (χ0v) is 6.63. The van der Waals surface area contributed by atoms with E-state index in [2.05, 4.69) is 9.97 Å². The SMILES string of the molecule is [BH3-]C#N.[Na+].c1c[nH]cn1. The van der Waals surface area contributed by atoms with Gasteiger partial charge in [0.15, 0.2) is 0 Å². The molecule has 1 heterocycles. The molecule has 3 nitrogen and oxygen atoms in total. The van der Waals surface area contributed by atoms with Crippen LogP contribution < -0.4 is 29.6 Å². The van der Waals surface area contributed by atoms with Gasteiger partial charge in [0.1, 0.15) is 0 Å². The Morgan fingerprint density at radius 3 is 2.33 bits per heavy atom. The van der Waals surface area contributed by atoms with Crippen LogP contribution in [0.15, 0.2) is 18.7 Å². The summed E-state index contributed by atoms with van der Waals surface area (Å²) >= 11 is 0. The van der Waals surface area contributed by atoms with Crippen LogP contribution in [-0.4, -0.2) is 17.8 Å². The van der Waals surface area contributed by atoms with Crippen LogP contribution in [0.5, 0.6) is 0 Å². The number of nitrogens with one attached hydrogen (secondary N) is 1. The third kappa shape index (κ3) is 11.4. The number of rotatable bonds is 0. The fourth-order valence-corrected chi connectivity index (χ4v) is 0.215. The van der Waals surface area contributed by atoms with Crippen LogP contribution in [0.1, 0.15) is 0 Å². The standard InChI is InChI=1S/C3H4N2.CH3BN.Na/c1-2-5-3-4-1;2-1-3;/h1-3H,(H,4,5);2H3;/q;-1;+1. The summed E-state index contributed by atoms with van der Waals surface area (Å²) in [5.74, 6) is 2.00. The van der Waals surface area contributed by atoms with Crippen molar-refractivity contribution >= 4 is 7.85 Å². The number of nitriles is 1. The minimum absolute atomic E-state index is 0. The van der Waals surface area contributed by atoms with E-state index < -0.39 is 0 Å². The van der Waals surface area contributed by atoms with Gasteiger partial charge in [0.2, 0.25) is 0 Å². The first-order valence-corrected chi connectivity index (χ1v) is 1.65. The van der Waals surface area contributed by atoms with Gasteiger partial charge in [-0.25, -0.2) is 4.98 Å². The Hall–Kier alpha value is -0.235. The van der Waals surface area contributed by atoms with Crippen LogP contribution in [0.25, 0.3) is 0 Å². The van der Waals surface area contributed by atoms with Crippen LogP contribution in [-0.2, 0) is 0 Å². The first-order chi connectivity index (χ1) is 3.91. The minimum Gasteiger partial charge on any atom is -0.351 e. The Morgan fingerprint density at radius 1 is 1.67 bits per heavy atom. The van der Waals surface area contributed by atoms with Gasteiger partial charge in [0.05, 0.1) is 14.2 Å². The van der Waals surface area contributed by atoms with Crippen LogP contribution in [0.3, 0.4) is 0 Å². The molecule has 0 spiro atoms. The number of nitrogens with zero attached hydrogens (tertiary/aromatic N) is 2. The van der Waals surface area contributed by atoms with E-state index >= 15 is 0 Å². The van der Waals surface area contributed by atoms with Crippen molar-refractivity contribution in [3.05, 3.63) is 18.7 Å². The molecule has 9 heavy (non-hydrogen) atoms. The average molecular weight is 131 g/mol. The van der Waals surface area contributed by atoms with E-state index in [-0.39, 0.29) is 37.4 Å². The van der Waals surface area contributed by atoms with E-state index in [9.17, 15) is 0 Å². The number of aromatic nitrogens is 2. The molecule has 42 valence electrons. The van der Waals surface area contributed by atoms with Crippen molar-refractivity contribution in [3.63, 3.8) is 0 Å². The molecule has 0 saturated heterocycles. The maximum absolute atomic E-state index is 7.43. The van der Waals surface area contributed by atoms with E-state index in [0.717, 1.165) is 0 Å². The van der Waals surface area contributed by atoms with Crippen molar-refractivity contribution in [1.29, 1.82) is 5.26 Å². The molecule has 5 heteroatoms. The Labute approximate surface area is 77.2 Å². The Kier molecular flexibility index (Phi) is 13.7. The Balaban J connectivity index is 0. The summed E-state index contributed by atoms with van der Waals surface area (Å²) in [6.45, 7) is 0. The smallest absolute Gasteiger partial charge is 0.351 e. The molecule has 1 rings (SSSR count). The van der Waals surface area contributed by atoms with Gasteiger partial charge in [-0.1, -0.05) is 0 Å². The van der Waals surface area contributed by atoms with Crippen molar-refractivity contribution in [2.24, 2.45) is 0 Å². The van der Waals surface area contributed by atoms with E-state index in [1.54, 1.807) is 18.7 Å². The third-order valence-corrected chi connectivity index (χ3v) is 0.406. The monoisotopic (exact) mass is 131 g/mol. The normalized spacial score (nSPS) is 5.33. The summed E-state index contributed by atoms with van der Waals surface area (Å²) in [7, 11) is 0.0694. The fourth-order valence-electron chi connectivity index (χ4n) is 0.215. The predicted octanol–water partition coefficient (Wildman–Crippen LogP) is -3.75. The summed E-state index contributed by atoms with van der Waals surface area (Å²) in [5.41, 5.74) is 0. The van der Waals surface area contributed by atoms with Gasteiger partial charge < -0.3 is 4.98 Å². The first-order valence-electron chi connectivity index (χ1n) is 1.65. The molecule has 0 aromatic carbocycles. The van der Waals surface area contributed by atoms with Crippen molar-refractivity contribution in [3.8, 4) is 5.97 Å². The molecule has 1 aromatic rings. The van der Waals surface area contributed by atoms with Crippen LogP contribution >= 0.6 is 0 Å². The average Bonchev–Trinajstić information content (AvgIpc) is 2.17. The van der Waals surface area contributed by atoms with E-state index in [1.165, 1.54) is 0 Å². The van der Waals surface area contributed by atoms with E-state index in [1.807, 2.05) is 5.97 Å². The van der Waals surface area contributed by atoms with Gasteiger partial charge in [-0.2, -0.15) is 5.97 Å². The number of hydrogen-bond donors (Lipinski definition) is 1. The second-order valence-electron chi connectivity index (χ2n) is 0.761. The largest absolute Gasteiger partial charge is 1.00 e. The van der Waals surface area contributed by atoms with Crippen molar-refractivity contribution in [1.82, 2.24) is 9.97 Å². The summed E-state index contributed by atoms with van der Waals surface area (Å²) in [4.78, 5) is 6.42. The second-order valence-corrected chi connectivity index (χ2v) is 0.761. The van der Waals surface area contributed by atoms with Crippen molar-refractivity contribution < 1.29 is 29.6 Å². The molecule has 0 fully saturated rings. The maximum Gasteiger partial charge on any atom is 1.00 e. The molecule has 0 aliphatic carbocycles. The van der Waals surface area contributed by atoms with E-state index in [0.29, 0.717) is 0 Å². The van der Waals surface area contributed by atoms with E-state index in [4.69, 9.17) is 5.26 Å². The Bertz CT molecular complexity index is 128. The topological polar surface area (TPSA) is 52.5 Å². The summed E-state index contributed by atoms with van der Waals surface area (Å²) in [6, 6.07) is 0. The third-order valence-electron chi connectivity index (χ3n) is 0.406. The quantitative estimate of drug-likeness (QED) is 0.367. The molecule has 0 saturated carbocycles. The zero-order chi connectivity index (χ0) is 6.24. The molecule has 0 radical (unpaired) electrons. The molecule has 1 aromatic heterocycles. The summed E-state index contributed by atoms with van der Waals surface area (Å²) in [6.07, 6.45) is 5.08. The molecular formula is C4H7BN3Na. The first kappa shape index (κ1) is 11.5. The van der Waals surface area contributed by atoms with Gasteiger partial charge in [-0.15, -0.1) is 0 Å². The fraction of sp³-hybridized carbons (Fsp3) is 0. The zero-order valence-electron chi connectivity index (χ0n) is 4.63. The molecule has 0 unspecified atom stereocenters. The Morgan fingerprint density at radius 2 is 2.22 bits per heavy atom. The minimum atomic E-state index is 0. The molecule has 0 aliphatic rings. The van der Waals surface area contributed by atoms with Crippen LogP contribution in [0, 0.1) is 11.2 Å². The number of aromatic amines is 1.